The maximum absolute atomic E-state index is 12.3. The number of nitrogens with one attached hydrogen (secondary N) is 1. The van der Waals surface area contributed by atoms with Gasteiger partial charge < -0.3 is 10.1 Å². The molecule has 0 radical (unpaired) electrons. The zero-order chi connectivity index (χ0) is 14.6. The van der Waals surface area contributed by atoms with E-state index in [4.69, 9.17) is 0 Å². The second-order valence-corrected chi connectivity index (χ2v) is 4.72. The van der Waals surface area contributed by atoms with Crippen LogP contribution < -0.4 is 5.69 Å². The number of fused-ring (bicyclic) bond motifs is 5. The molecular weight excluding hydrogens is 270 g/mol. The van der Waals surface area contributed by atoms with Crippen molar-refractivity contribution in [3.05, 3.63) is 58.5 Å². The number of rotatable bonds is 1. The highest BCUT2D eigenvalue weighted by Crippen LogP contribution is 2.24. The lowest BCUT2D eigenvalue weighted by Gasteiger charge is -2.04. The van der Waals surface area contributed by atoms with Crippen molar-refractivity contribution in [2.75, 3.05) is 0 Å². The first kappa shape index (κ1) is 11.7. The summed E-state index contributed by atoms with van der Waals surface area (Å²) in [5.74, 6) is -1.05. The lowest BCUT2D eigenvalue weighted by Crippen LogP contribution is -2.17. The number of para-hydroxylation sites is 2. The van der Waals surface area contributed by atoms with Crippen LogP contribution in [-0.2, 0) is 0 Å². The maximum Gasteiger partial charge on any atom is 0.336 e. The smallest absolute Gasteiger partial charge is 0.336 e. The van der Waals surface area contributed by atoms with Gasteiger partial charge in [-0.2, -0.15) is 0 Å². The van der Waals surface area contributed by atoms with Gasteiger partial charge in [-0.05, 0) is 24.3 Å². The number of carboxylic acid groups (broad SMARTS) is 1. The number of aromatic amines is 1. The highest BCUT2D eigenvalue weighted by atomic mass is 16.4. The van der Waals surface area contributed by atoms with E-state index in [1.165, 1.54) is 10.5 Å². The van der Waals surface area contributed by atoms with Gasteiger partial charge in [0.2, 0.25) is 0 Å². The third kappa shape index (κ3) is 1.50. The largest absolute Gasteiger partial charge is 0.478 e. The summed E-state index contributed by atoms with van der Waals surface area (Å²) in [6, 6.07) is 12.0. The normalized spacial score (nSPS) is 11.4. The van der Waals surface area contributed by atoms with E-state index >= 15 is 0 Å². The summed E-state index contributed by atoms with van der Waals surface area (Å²) in [4.78, 5) is 30.8. The van der Waals surface area contributed by atoms with E-state index in [2.05, 4.69) is 9.97 Å². The first-order chi connectivity index (χ1) is 10.2. The summed E-state index contributed by atoms with van der Waals surface area (Å²) in [6.07, 6.45) is 0. The van der Waals surface area contributed by atoms with Gasteiger partial charge >= 0.3 is 11.7 Å². The minimum absolute atomic E-state index is 0.115. The minimum atomic E-state index is -1.05. The Morgan fingerprint density at radius 3 is 2.76 bits per heavy atom. The molecule has 0 saturated heterocycles. The average molecular weight is 279 g/mol. The molecule has 2 N–H and O–H groups in total. The summed E-state index contributed by atoms with van der Waals surface area (Å²) >= 11 is 0. The van der Waals surface area contributed by atoms with Gasteiger partial charge in [0.1, 0.15) is 0 Å². The van der Waals surface area contributed by atoms with Gasteiger partial charge in [-0.3, -0.25) is 0 Å². The van der Waals surface area contributed by atoms with Gasteiger partial charge in [0.25, 0.3) is 0 Å². The fraction of sp³-hybridized carbons (Fsp3) is 0. The van der Waals surface area contributed by atoms with Crippen LogP contribution in [0.5, 0.6) is 0 Å². The van der Waals surface area contributed by atoms with Crippen LogP contribution in [0.15, 0.2) is 47.3 Å². The fourth-order valence-corrected chi connectivity index (χ4v) is 2.65. The number of hydrogen-bond donors (Lipinski definition) is 2. The van der Waals surface area contributed by atoms with Crippen LogP contribution >= 0.6 is 0 Å². The van der Waals surface area contributed by atoms with Gasteiger partial charge in [-0.25, -0.2) is 19.0 Å². The molecule has 0 fully saturated rings. The Morgan fingerprint density at radius 1 is 1.14 bits per heavy atom. The third-order valence-corrected chi connectivity index (χ3v) is 3.52. The third-order valence-electron chi connectivity index (χ3n) is 3.52. The Morgan fingerprint density at radius 2 is 1.95 bits per heavy atom. The van der Waals surface area contributed by atoms with Crippen LogP contribution in [0.1, 0.15) is 10.4 Å². The molecule has 21 heavy (non-hydrogen) atoms. The fourth-order valence-electron chi connectivity index (χ4n) is 2.65. The molecule has 0 aliphatic carbocycles. The molecule has 6 nitrogen and oxygen atoms in total. The van der Waals surface area contributed by atoms with Crippen LogP contribution in [-0.4, -0.2) is 25.4 Å². The Hall–Kier alpha value is -3.15. The number of carbonyl (C=O) groups is 1. The number of hydrogen-bond acceptors (Lipinski definition) is 3. The molecule has 2 aromatic heterocycles. The molecule has 0 aliphatic rings. The second kappa shape index (κ2) is 3.92. The average Bonchev–Trinajstić information content (AvgIpc) is 2.86. The summed E-state index contributed by atoms with van der Waals surface area (Å²) in [5.41, 5.74) is 1.89. The Kier molecular flexibility index (Phi) is 2.18. The van der Waals surface area contributed by atoms with Crippen molar-refractivity contribution in [1.29, 1.82) is 0 Å². The SMILES string of the molecule is O=C(O)c1cccc2[nH]c(=O)n3c4ccccc4nc3c12. The Balaban J connectivity index is 2.38. The molecule has 0 spiro atoms. The predicted octanol–water partition coefficient (Wildman–Crippen LogP) is 2.03. The number of aromatic nitrogens is 3. The first-order valence-corrected chi connectivity index (χ1v) is 6.32. The van der Waals surface area contributed by atoms with Crippen molar-refractivity contribution in [3.63, 3.8) is 0 Å². The van der Waals surface area contributed by atoms with Gasteiger partial charge in [-0.1, -0.05) is 18.2 Å². The van der Waals surface area contributed by atoms with Gasteiger partial charge in [0.15, 0.2) is 5.65 Å². The summed E-state index contributed by atoms with van der Waals surface area (Å²) < 4.78 is 1.41. The number of H-pyrrole nitrogens is 1. The van der Waals surface area contributed by atoms with E-state index in [0.717, 1.165) is 0 Å². The maximum atomic E-state index is 12.3. The van der Waals surface area contributed by atoms with Crippen molar-refractivity contribution in [3.8, 4) is 0 Å². The van der Waals surface area contributed by atoms with Gasteiger partial charge in [0, 0.05) is 0 Å². The number of carboxylic acids is 1. The molecule has 0 saturated carbocycles. The van der Waals surface area contributed by atoms with Gasteiger partial charge in [0.05, 0.1) is 27.5 Å². The quantitative estimate of drug-likeness (QED) is 0.558. The van der Waals surface area contributed by atoms with Crippen molar-refractivity contribution < 1.29 is 9.90 Å². The van der Waals surface area contributed by atoms with Crippen LogP contribution in [0.25, 0.3) is 27.6 Å². The first-order valence-electron chi connectivity index (χ1n) is 6.32. The predicted molar refractivity (Wildman–Crippen MR) is 77.8 cm³/mol. The van der Waals surface area contributed by atoms with Crippen molar-refractivity contribution in [1.82, 2.24) is 14.4 Å². The van der Waals surface area contributed by atoms with Crippen molar-refractivity contribution in [2.24, 2.45) is 0 Å². The van der Waals surface area contributed by atoms with Crippen LogP contribution in [0.4, 0.5) is 0 Å². The lowest BCUT2D eigenvalue weighted by molar-refractivity contribution is 0.0699. The van der Waals surface area contributed by atoms with E-state index < -0.39 is 5.97 Å². The molecule has 0 aliphatic heterocycles. The summed E-state index contributed by atoms with van der Waals surface area (Å²) in [6.45, 7) is 0. The van der Waals surface area contributed by atoms with Crippen molar-refractivity contribution >= 4 is 33.6 Å². The van der Waals surface area contributed by atoms with Crippen LogP contribution in [0, 0.1) is 0 Å². The molecule has 4 rings (SSSR count). The number of imidazole rings is 1. The molecule has 102 valence electrons. The van der Waals surface area contributed by atoms with Gasteiger partial charge in [-0.15, -0.1) is 0 Å². The van der Waals surface area contributed by atoms with Crippen LogP contribution in [0.3, 0.4) is 0 Å². The number of benzene rings is 2. The standard InChI is InChI=1S/C15H9N3O3/c19-14(20)8-4-3-6-10-12(8)13-16-9-5-1-2-7-11(9)18(13)15(21)17-10/h1-7H,(H,17,21)(H,19,20). The monoisotopic (exact) mass is 279 g/mol. The van der Waals surface area contributed by atoms with E-state index in [0.29, 0.717) is 27.6 Å². The molecule has 0 unspecified atom stereocenters. The van der Waals surface area contributed by atoms with E-state index in [1.807, 2.05) is 12.1 Å². The summed E-state index contributed by atoms with van der Waals surface area (Å²) in [7, 11) is 0. The Labute approximate surface area is 117 Å². The second-order valence-electron chi connectivity index (χ2n) is 4.72. The summed E-state index contributed by atoms with van der Waals surface area (Å²) in [5, 5.41) is 9.79. The molecule has 0 bridgehead atoms. The zero-order valence-electron chi connectivity index (χ0n) is 10.7. The number of nitrogens with zero attached hydrogens (tertiary/aromatic N) is 2. The van der Waals surface area contributed by atoms with E-state index in [1.54, 1.807) is 24.3 Å². The minimum Gasteiger partial charge on any atom is -0.478 e. The zero-order valence-corrected chi connectivity index (χ0v) is 10.7. The molecule has 2 aromatic carbocycles. The lowest BCUT2D eigenvalue weighted by atomic mass is 10.1. The molecule has 6 heteroatoms. The van der Waals surface area contributed by atoms with E-state index in [9.17, 15) is 14.7 Å². The highest BCUT2D eigenvalue weighted by molar-refractivity contribution is 6.09. The van der Waals surface area contributed by atoms with E-state index in [-0.39, 0.29) is 11.3 Å². The highest BCUT2D eigenvalue weighted by Gasteiger charge is 2.16. The Bertz CT molecular complexity index is 1090. The molecular formula is C15H9N3O3. The molecule has 0 amide bonds. The molecule has 4 aromatic rings. The van der Waals surface area contributed by atoms with Crippen molar-refractivity contribution in [2.45, 2.75) is 0 Å². The number of aromatic carboxylic acids is 1. The van der Waals surface area contributed by atoms with Crippen LogP contribution in [0.2, 0.25) is 0 Å². The molecule has 0 atom stereocenters. The molecule has 2 heterocycles. The topological polar surface area (TPSA) is 87.5 Å².